The van der Waals surface area contributed by atoms with Crippen LogP contribution in [0, 0.1) is 5.92 Å². The summed E-state index contributed by atoms with van der Waals surface area (Å²) in [6.45, 7) is 6.86. The predicted molar refractivity (Wildman–Crippen MR) is 134 cm³/mol. The monoisotopic (exact) mass is 445 g/mol. The number of ether oxygens (including phenoxy) is 2. The molecule has 1 N–H and O–H groups in total. The van der Waals surface area contributed by atoms with Crippen LogP contribution in [0.5, 0.6) is 11.5 Å². The van der Waals surface area contributed by atoms with Gasteiger partial charge >= 0.3 is 0 Å². The van der Waals surface area contributed by atoms with Crippen LogP contribution in [0.2, 0.25) is 0 Å². The zero-order valence-electron chi connectivity index (χ0n) is 20.1. The number of aryl methyl sites for hydroxylation is 1. The van der Waals surface area contributed by atoms with Crippen LogP contribution >= 0.6 is 0 Å². The Balaban J connectivity index is 1.82. The quantitative estimate of drug-likeness (QED) is 0.355. The first-order valence-corrected chi connectivity index (χ1v) is 11.7. The van der Waals surface area contributed by atoms with Crippen molar-refractivity contribution < 1.29 is 14.3 Å². The van der Waals surface area contributed by atoms with Gasteiger partial charge in [0, 0.05) is 5.56 Å². The van der Waals surface area contributed by atoms with E-state index >= 15 is 0 Å². The lowest BCUT2D eigenvalue weighted by atomic mass is 9.95. The standard InChI is InChI=1S/C29H35NO3/c1-5-11-23-17-16-22(20-33-28-15-10-9-14-27(28)32-4)19-25(23)29(31)30-26(18-21(2)3)24-12-7-6-8-13-24/h6-10,12-17,19,21,26H,5,11,18,20H2,1-4H3,(H,30,31). The topological polar surface area (TPSA) is 47.6 Å². The molecule has 0 fully saturated rings. The molecule has 1 atom stereocenters. The third kappa shape index (κ3) is 6.85. The van der Waals surface area contributed by atoms with Gasteiger partial charge in [0.2, 0.25) is 0 Å². The number of nitrogens with one attached hydrogen (secondary N) is 1. The van der Waals surface area contributed by atoms with Crippen LogP contribution < -0.4 is 14.8 Å². The molecule has 0 aromatic heterocycles. The Bertz CT molecular complexity index is 1030. The number of benzene rings is 3. The van der Waals surface area contributed by atoms with E-state index in [9.17, 15) is 4.79 Å². The molecular formula is C29H35NO3. The highest BCUT2D eigenvalue weighted by Crippen LogP contribution is 2.27. The summed E-state index contributed by atoms with van der Waals surface area (Å²) in [5.41, 5.74) is 3.87. The summed E-state index contributed by atoms with van der Waals surface area (Å²) >= 11 is 0. The number of amides is 1. The molecule has 3 aromatic rings. The van der Waals surface area contributed by atoms with Crippen molar-refractivity contribution in [1.29, 1.82) is 0 Å². The maximum absolute atomic E-state index is 13.5. The van der Waals surface area contributed by atoms with Crippen LogP contribution in [-0.4, -0.2) is 13.0 Å². The van der Waals surface area contributed by atoms with Gasteiger partial charge in [-0.3, -0.25) is 4.79 Å². The van der Waals surface area contributed by atoms with Crippen molar-refractivity contribution in [2.75, 3.05) is 7.11 Å². The highest BCUT2D eigenvalue weighted by molar-refractivity contribution is 5.96. The van der Waals surface area contributed by atoms with E-state index in [0.717, 1.165) is 41.5 Å². The van der Waals surface area contributed by atoms with Gasteiger partial charge in [-0.15, -0.1) is 0 Å². The summed E-state index contributed by atoms with van der Waals surface area (Å²) in [5.74, 6) is 1.81. The molecule has 0 spiro atoms. The fourth-order valence-electron chi connectivity index (χ4n) is 3.98. The molecule has 33 heavy (non-hydrogen) atoms. The molecule has 1 amide bonds. The van der Waals surface area contributed by atoms with E-state index in [1.54, 1.807) is 7.11 Å². The Labute approximate surface area is 197 Å². The van der Waals surface area contributed by atoms with Crippen molar-refractivity contribution in [3.8, 4) is 11.5 Å². The smallest absolute Gasteiger partial charge is 0.252 e. The SMILES string of the molecule is CCCc1ccc(COc2ccccc2OC)cc1C(=O)NC(CC(C)C)c1ccccc1. The van der Waals surface area contributed by atoms with Gasteiger partial charge in [-0.2, -0.15) is 0 Å². The number of methoxy groups -OCH3 is 1. The normalized spacial score (nSPS) is 11.8. The Hall–Kier alpha value is -3.27. The number of rotatable bonds is 11. The Morgan fingerprint density at radius 3 is 2.30 bits per heavy atom. The van der Waals surface area contributed by atoms with Gasteiger partial charge in [0.05, 0.1) is 13.2 Å². The van der Waals surface area contributed by atoms with Crippen LogP contribution in [-0.2, 0) is 13.0 Å². The van der Waals surface area contributed by atoms with Gasteiger partial charge < -0.3 is 14.8 Å². The van der Waals surface area contributed by atoms with Crippen LogP contribution in [0.25, 0.3) is 0 Å². The fourth-order valence-corrected chi connectivity index (χ4v) is 3.98. The summed E-state index contributed by atoms with van der Waals surface area (Å²) in [5, 5.41) is 3.30. The minimum Gasteiger partial charge on any atom is -0.493 e. The van der Waals surface area contributed by atoms with Crippen molar-refractivity contribution in [2.24, 2.45) is 5.92 Å². The van der Waals surface area contributed by atoms with Gasteiger partial charge in [0.25, 0.3) is 5.91 Å². The third-order valence-corrected chi connectivity index (χ3v) is 5.62. The molecule has 0 aliphatic carbocycles. The van der Waals surface area contributed by atoms with Crippen molar-refractivity contribution in [3.05, 3.63) is 95.1 Å². The minimum atomic E-state index is -0.0351. The summed E-state index contributed by atoms with van der Waals surface area (Å²) in [7, 11) is 1.63. The highest BCUT2D eigenvalue weighted by atomic mass is 16.5. The molecule has 0 heterocycles. The molecule has 0 saturated heterocycles. The average molecular weight is 446 g/mol. The molecule has 0 aliphatic heterocycles. The molecule has 3 aromatic carbocycles. The van der Waals surface area contributed by atoms with Gasteiger partial charge in [0.15, 0.2) is 11.5 Å². The fraction of sp³-hybridized carbons (Fsp3) is 0.345. The van der Waals surface area contributed by atoms with Gasteiger partial charge in [-0.05, 0) is 53.6 Å². The first-order valence-electron chi connectivity index (χ1n) is 11.7. The first-order chi connectivity index (χ1) is 16.0. The van der Waals surface area contributed by atoms with Crippen molar-refractivity contribution in [3.63, 3.8) is 0 Å². The Morgan fingerprint density at radius 1 is 0.939 bits per heavy atom. The van der Waals surface area contributed by atoms with E-state index in [0.29, 0.717) is 24.0 Å². The van der Waals surface area contributed by atoms with Gasteiger partial charge in [-0.1, -0.05) is 81.8 Å². The van der Waals surface area contributed by atoms with Crippen molar-refractivity contribution in [2.45, 2.75) is 52.7 Å². The van der Waals surface area contributed by atoms with Gasteiger partial charge in [-0.25, -0.2) is 0 Å². The van der Waals surface area contributed by atoms with Gasteiger partial charge in [0.1, 0.15) is 6.61 Å². The molecule has 174 valence electrons. The van der Waals surface area contributed by atoms with E-state index in [4.69, 9.17) is 9.47 Å². The maximum atomic E-state index is 13.5. The Morgan fingerprint density at radius 2 is 1.64 bits per heavy atom. The number of hydrogen-bond donors (Lipinski definition) is 1. The van der Waals surface area contributed by atoms with Crippen molar-refractivity contribution >= 4 is 5.91 Å². The highest BCUT2D eigenvalue weighted by Gasteiger charge is 2.19. The summed E-state index contributed by atoms with van der Waals surface area (Å²) < 4.78 is 11.4. The number of carbonyl (C=O) groups is 1. The average Bonchev–Trinajstić information content (AvgIpc) is 2.83. The Kier molecular flexibility index (Phi) is 8.94. The van der Waals surface area contributed by atoms with Crippen LogP contribution in [0.15, 0.2) is 72.8 Å². The first kappa shape index (κ1) is 24.4. The van der Waals surface area contributed by atoms with E-state index in [2.05, 4.69) is 44.3 Å². The van der Waals surface area contributed by atoms with Crippen molar-refractivity contribution in [1.82, 2.24) is 5.32 Å². The summed E-state index contributed by atoms with van der Waals surface area (Å²) in [6.07, 6.45) is 2.72. The van der Waals surface area contributed by atoms with Crippen LogP contribution in [0.1, 0.15) is 66.7 Å². The second-order valence-electron chi connectivity index (χ2n) is 8.75. The molecule has 4 heteroatoms. The minimum absolute atomic E-state index is 0.0262. The second kappa shape index (κ2) is 12.1. The molecule has 4 nitrogen and oxygen atoms in total. The van der Waals surface area contributed by atoms with E-state index < -0.39 is 0 Å². The molecule has 0 bridgehead atoms. The molecular weight excluding hydrogens is 410 g/mol. The molecule has 0 saturated carbocycles. The lowest BCUT2D eigenvalue weighted by Crippen LogP contribution is -2.30. The second-order valence-corrected chi connectivity index (χ2v) is 8.75. The summed E-state index contributed by atoms with van der Waals surface area (Å²) in [4.78, 5) is 13.5. The third-order valence-electron chi connectivity index (χ3n) is 5.62. The molecule has 0 radical (unpaired) electrons. The molecule has 1 unspecified atom stereocenters. The molecule has 3 rings (SSSR count). The lowest BCUT2D eigenvalue weighted by molar-refractivity contribution is 0.0930. The number of hydrogen-bond acceptors (Lipinski definition) is 3. The number of carbonyl (C=O) groups excluding carboxylic acids is 1. The largest absolute Gasteiger partial charge is 0.493 e. The summed E-state index contributed by atoms with van der Waals surface area (Å²) in [6, 6.07) is 23.8. The van der Waals surface area contributed by atoms with Crippen LogP contribution in [0.4, 0.5) is 0 Å². The maximum Gasteiger partial charge on any atom is 0.252 e. The number of para-hydroxylation sites is 2. The van der Waals surface area contributed by atoms with E-state index in [1.165, 1.54) is 0 Å². The van der Waals surface area contributed by atoms with E-state index in [-0.39, 0.29) is 11.9 Å². The van der Waals surface area contributed by atoms with E-state index in [1.807, 2.05) is 54.6 Å². The lowest BCUT2D eigenvalue weighted by Gasteiger charge is -2.22. The zero-order valence-corrected chi connectivity index (χ0v) is 20.1. The molecule has 0 aliphatic rings. The predicted octanol–water partition coefficient (Wildman–Crippen LogP) is 6.74. The van der Waals surface area contributed by atoms with Crippen LogP contribution in [0.3, 0.4) is 0 Å². The zero-order chi connectivity index (χ0) is 23.6.